The van der Waals surface area contributed by atoms with E-state index in [1.165, 1.54) is 6.42 Å². The first kappa shape index (κ1) is 15.0. The van der Waals surface area contributed by atoms with Crippen molar-refractivity contribution < 1.29 is 9.32 Å². The molecule has 2 N–H and O–H groups in total. The Bertz CT molecular complexity index is 456. The maximum atomic E-state index is 12.8. The maximum absolute atomic E-state index is 12.8. The number of carbonyl (C=O) groups excluding carboxylic acids is 1. The van der Waals surface area contributed by atoms with Gasteiger partial charge in [0.05, 0.1) is 17.7 Å². The fourth-order valence-corrected chi connectivity index (χ4v) is 3.18. The second kappa shape index (κ2) is 5.95. The summed E-state index contributed by atoms with van der Waals surface area (Å²) in [5, 5.41) is 3.94. The van der Waals surface area contributed by atoms with Crippen molar-refractivity contribution in [2.24, 2.45) is 11.1 Å². The zero-order chi connectivity index (χ0) is 14.8. The van der Waals surface area contributed by atoms with E-state index < -0.39 is 0 Å². The van der Waals surface area contributed by atoms with Gasteiger partial charge in [-0.1, -0.05) is 24.4 Å². The molecule has 0 atom stereocenters. The average molecular weight is 279 g/mol. The lowest BCUT2D eigenvalue weighted by Gasteiger charge is -2.37. The molecule has 2 rings (SSSR count). The lowest BCUT2D eigenvalue weighted by atomic mass is 9.73. The highest BCUT2D eigenvalue weighted by Crippen LogP contribution is 2.37. The van der Waals surface area contributed by atoms with Crippen LogP contribution in [0.2, 0.25) is 0 Å². The minimum atomic E-state index is -0.355. The first-order valence-electron chi connectivity index (χ1n) is 7.37. The average Bonchev–Trinajstić information content (AvgIpc) is 2.79. The summed E-state index contributed by atoms with van der Waals surface area (Å²) in [4.78, 5) is 14.6. The molecule has 1 amide bonds. The molecule has 1 aromatic rings. The summed E-state index contributed by atoms with van der Waals surface area (Å²) in [6, 6.07) is 0. The van der Waals surface area contributed by atoms with Crippen LogP contribution in [0, 0.1) is 19.3 Å². The van der Waals surface area contributed by atoms with E-state index in [2.05, 4.69) is 5.16 Å². The Kier molecular flexibility index (Phi) is 4.48. The van der Waals surface area contributed by atoms with Crippen LogP contribution in [0.25, 0.3) is 0 Å². The van der Waals surface area contributed by atoms with Crippen LogP contribution in [0.15, 0.2) is 4.52 Å². The molecule has 1 fully saturated rings. The zero-order valence-electron chi connectivity index (χ0n) is 12.7. The lowest BCUT2D eigenvalue weighted by Crippen LogP contribution is -2.47. The predicted octanol–water partition coefficient (Wildman–Crippen LogP) is 2.16. The van der Waals surface area contributed by atoms with Crippen LogP contribution in [0.5, 0.6) is 0 Å². The number of nitrogens with zero attached hydrogens (tertiary/aromatic N) is 2. The third-order valence-electron chi connectivity index (χ3n) is 4.58. The molecule has 5 nitrogen and oxygen atoms in total. The SMILES string of the molecule is Cc1noc(C)c1CN(C)C(=O)C1(CN)CCCCC1. The van der Waals surface area contributed by atoms with E-state index in [0.717, 1.165) is 42.7 Å². The quantitative estimate of drug-likeness (QED) is 0.916. The van der Waals surface area contributed by atoms with Gasteiger partial charge < -0.3 is 15.2 Å². The van der Waals surface area contributed by atoms with Crippen LogP contribution >= 0.6 is 0 Å². The molecule has 0 unspecified atom stereocenters. The van der Waals surface area contributed by atoms with E-state index in [1.54, 1.807) is 4.90 Å². The summed E-state index contributed by atoms with van der Waals surface area (Å²) < 4.78 is 5.16. The van der Waals surface area contributed by atoms with Gasteiger partial charge >= 0.3 is 0 Å². The Morgan fingerprint density at radius 1 is 1.35 bits per heavy atom. The van der Waals surface area contributed by atoms with Crippen molar-refractivity contribution in [1.82, 2.24) is 10.1 Å². The number of hydrogen-bond acceptors (Lipinski definition) is 4. The van der Waals surface area contributed by atoms with Gasteiger partial charge in [-0.2, -0.15) is 0 Å². The number of hydrogen-bond donors (Lipinski definition) is 1. The first-order valence-corrected chi connectivity index (χ1v) is 7.37. The van der Waals surface area contributed by atoms with Crippen LogP contribution < -0.4 is 5.73 Å². The molecule has 0 radical (unpaired) electrons. The van der Waals surface area contributed by atoms with Crippen LogP contribution in [0.4, 0.5) is 0 Å². The van der Waals surface area contributed by atoms with Gasteiger partial charge in [-0.05, 0) is 26.7 Å². The Labute approximate surface area is 120 Å². The molecule has 1 aromatic heterocycles. The first-order chi connectivity index (χ1) is 9.50. The van der Waals surface area contributed by atoms with Gasteiger partial charge in [-0.25, -0.2) is 0 Å². The smallest absolute Gasteiger partial charge is 0.230 e. The van der Waals surface area contributed by atoms with Crippen molar-refractivity contribution in [3.05, 3.63) is 17.0 Å². The van der Waals surface area contributed by atoms with Gasteiger partial charge in [-0.3, -0.25) is 4.79 Å². The van der Waals surface area contributed by atoms with Gasteiger partial charge in [0.15, 0.2) is 0 Å². The molecule has 1 aliphatic rings. The second-order valence-electron chi connectivity index (χ2n) is 6.01. The molecular formula is C15H25N3O2. The molecule has 5 heteroatoms. The molecule has 0 aliphatic heterocycles. The Morgan fingerprint density at radius 2 is 2.00 bits per heavy atom. The van der Waals surface area contributed by atoms with Gasteiger partial charge in [-0.15, -0.1) is 0 Å². The summed E-state index contributed by atoms with van der Waals surface area (Å²) in [7, 11) is 1.85. The number of aryl methyl sites for hydroxylation is 2. The largest absolute Gasteiger partial charge is 0.361 e. The Morgan fingerprint density at radius 3 is 2.50 bits per heavy atom. The van der Waals surface area contributed by atoms with Crippen LogP contribution in [-0.4, -0.2) is 29.6 Å². The van der Waals surface area contributed by atoms with Crippen molar-refractivity contribution in [1.29, 1.82) is 0 Å². The molecule has 1 heterocycles. The molecule has 0 bridgehead atoms. The van der Waals surface area contributed by atoms with Crippen molar-refractivity contribution >= 4 is 5.91 Å². The summed E-state index contributed by atoms with van der Waals surface area (Å²) in [6.45, 7) is 4.77. The highest BCUT2D eigenvalue weighted by atomic mass is 16.5. The van der Waals surface area contributed by atoms with E-state index in [0.29, 0.717) is 13.1 Å². The van der Waals surface area contributed by atoms with Crippen molar-refractivity contribution in [2.75, 3.05) is 13.6 Å². The fourth-order valence-electron chi connectivity index (χ4n) is 3.18. The molecule has 112 valence electrons. The zero-order valence-corrected chi connectivity index (χ0v) is 12.7. The van der Waals surface area contributed by atoms with Crippen molar-refractivity contribution in [3.8, 4) is 0 Å². The summed E-state index contributed by atoms with van der Waals surface area (Å²) in [5.74, 6) is 0.951. The number of rotatable bonds is 4. The summed E-state index contributed by atoms with van der Waals surface area (Å²) in [5.41, 5.74) is 7.43. The number of carbonyl (C=O) groups is 1. The van der Waals surface area contributed by atoms with Gasteiger partial charge in [0.1, 0.15) is 5.76 Å². The van der Waals surface area contributed by atoms with Gasteiger partial charge in [0, 0.05) is 19.2 Å². The lowest BCUT2D eigenvalue weighted by molar-refractivity contribution is -0.142. The summed E-state index contributed by atoms with van der Waals surface area (Å²) in [6.07, 6.45) is 5.23. The topological polar surface area (TPSA) is 72.4 Å². The highest BCUT2D eigenvalue weighted by Gasteiger charge is 2.40. The number of amides is 1. The van der Waals surface area contributed by atoms with Crippen LogP contribution in [0.3, 0.4) is 0 Å². The molecular weight excluding hydrogens is 254 g/mol. The van der Waals surface area contributed by atoms with Gasteiger partial charge in [0.25, 0.3) is 0 Å². The number of nitrogens with two attached hydrogens (primary N) is 1. The molecule has 20 heavy (non-hydrogen) atoms. The van der Waals surface area contributed by atoms with Gasteiger partial charge in [0.2, 0.25) is 5.91 Å². The van der Waals surface area contributed by atoms with Crippen molar-refractivity contribution in [2.45, 2.75) is 52.5 Å². The number of aromatic nitrogens is 1. The maximum Gasteiger partial charge on any atom is 0.230 e. The van der Waals surface area contributed by atoms with E-state index in [1.807, 2.05) is 20.9 Å². The Hall–Kier alpha value is -1.36. The van der Waals surface area contributed by atoms with E-state index in [9.17, 15) is 4.79 Å². The molecule has 0 aromatic carbocycles. The monoisotopic (exact) mass is 279 g/mol. The second-order valence-corrected chi connectivity index (χ2v) is 6.01. The fraction of sp³-hybridized carbons (Fsp3) is 0.733. The third-order valence-corrected chi connectivity index (χ3v) is 4.58. The third kappa shape index (κ3) is 2.73. The van der Waals surface area contributed by atoms with Crippen LogP contribution in [0.1, 0.15) is 49.1 Å². The standard InChI is InChI=1S/C15H25N3O2/c1-11-13(12(2)20-17-11)9-18(3)14(19)15(10-16)7-5-4-6-8-15/h4-10,16H2,1-3H3. The highest BCUT2D eigenvalue weighted by molar-refractivity contribution is 5.83. The summed E-state index contributed by atoms with van der Waals surface area (Å²) >= 11 is 0. The normalized spacial score (nSPS) is 18.0. The molecule has 0 spiro atoms. The minimum absolute atomic E-state index is 0.166. The van der Waals surface area contributed by atoms with E-state index in [-0.39, 0.29) is 11.3 Å². The molecule has 0 saturated heterocycles. The minimum Gasteiger partial charge on any atom is -0.361 e. The Balaban J connectivity index is 2.11. The molecule has 1 aliphatic carbocycles. The predicted molar refractivity (Wildman–Crippen MR) is 77.0 cm³/mol. The van der Waals surface area contributed by atoms with Crippen LogP contribution in [-0.2, 0) is 11.3 Å². The van der Waals surface area contributed by atoms with E-state index >= 15 is 0 Å². The van der Waals surface area contributed by atoms with Crippen molar-refractivity contribution in [3.63, 3.8) is 0 Å². The molecule has 1 saturated carbocycles. The van der Waals surface area contributed by atoms with E-state index in [4.69, 9.17) is 10.3 Å².